The van der Waals surface area contributed by atoms with Gasteiger partial charge in [0, 0.05) is 0 Å². The van der Waals surface area contributed by atoms with Crippen molar-refractivity contribution in [3.63, 3.8) is 0 Å². The summed E-state index contributed by atoms with van der Waals surface area (Å²) in [5.41, 5.74) is 0. The summed E-state index contributed by atoms with van der Waals surface area (Å²) in [7, 11) is 0. The first-order valence-electron chi connectivity index (χ1n) is 5.60. The molecule has 14 heavy (non-hydrogen) atoms. The van der Waals surface area contributed by atoms with Gasteiger partial charge in [-0.05, 0) is 25.7 Å². The van der Waals surface area contributed by atoms with Crippen molar-refractivity contribution in [1.29, 1.82) is 0 Å². The fourth-order valence-electron chi connectivity index (χ4n) is 1.45. The molecular weight excluding hydrogens is 178 g/mol. The van der Waals surface area contributed by atoms with Gasteiger partial charge in [0.05, 0.1) is 0 Å². The lowest BCUT2D eigenvalue weighted by Gasteiger charge is -2.11. The van der Waals surface area contributed by atoms with Gasteiger partial charge < -0.3 is 5.21 Å². The summed E-state index contributed by atoms with van der Waals surface area (Å²) in [5.74, 6) is 0. The van der Waals surface area contributed by atoms with Gasteiger partial charge in [-0.3, -0.25) is 0 Å². The molecule has 2 N–H and O–H groups in total. The van der Waals surface area contributed by atoms with Crippen molar-refractivity contribution < 1.29 is 10.4 Å². The number of hydroxylamine groups is 2. The molecule has 0 rings (SSSR count). The quantitative estimate of drug-likeness (QED) is 0.323. The summed E-state index contributed by atoms with van der Waals surface area (Å²) in [6, 6.07) is 0. The molecule has 0 bridgehead atoms. The lowest BCUT2D eigenvalue weighted by atomic mass is 10.1. The average molecular weight is 201 g/mol. The summed E-state index contributed by atoms with van der Waals surface area (Å²) in [5, 5.41) is 17.9. The smallest absolute Gasteiger partial charge is 0.106 e. The molecule has 0 spiro atoms. The number of rotatable bonds is 10. The van der Waals surface area contributed by atoms with Crippen LogP contribution in [0.15, 0.2) is 12.7 Å². The van der Waals surface area contributed by atoms with Crippen molar-refractivity contribution in [1.82, 2.24) is 0 Å². The van der Waals surface area contributed by atoms with Gasteiger partial charge in [0.25, 0.3) is 0 Å². The van der Waals surface area contributed by atoms with Crippen molar-refractivity contribution in [2.24, 2.45) is 0 Å². The summed E-state index contributed by atoms with van der Waals surface area (Å²) in [6.45, 7) is 4.01. The molecule has 0 saturated carbocycles. The van der Waals surface area contributed by atoms with E-state index in [4.69, 9.17) is 5.21 Å². The minimum Gasteiger partial charge on any atom is -0.600 e. The molecule has 0 heterocycles. The van der Waals surface area contributed by atoms with Crippen molar-refractivity contribution >= 4 is 0 Å². The van der Waals surface area contributed by atoms with Crippen LogP contribution in [0.2, 0.25) is 0 Å². The molecule has 0 aromatic rings. The maximum Gasteiger partial charge on any atom is 0.106 e. The van der Waals surface area contributed by atoms with E-state index in [0.717, 1.165) is 19.3 Å². The zero-order chi connectivity index (χ0) is 10.6. The Morgan fingerprint density at radius 2 is 1.50 bits per heavy atom. The van der Waals surface area contributed by atoms with Crippen LogP contribution in [0.1, 0.15) is 51.4 Å². The Kier molecular flexibility index (Phi) is 10.4. The second-order valence-electron chi connectivity index (χ2n) is 3.70. The highest BCUT2D eigenvalue weighted by molar-refractivity contribution is 4.65. The number of quaternary nitrogens is 1. The van der Waals surface area contributed by atoms with E-state index < -0.39 is 5.23 Å². The maximum absolute atomic E-state index is 10.2. The van der Waals surface area contributed by atoms with Crippen LogP contribution in [0.4, 0.5) is 0 Å². The van der Waals surface area contributed by atoms with Gasteiger partial charge in [0.1, 0.15) is 6.54 Å². The first kappa shape index (κ1) is 13.6. The highest BCUT2D eigenvalue weighted by Gasteiger charge is 1.93. The number of unbranched alkanes of at least 4 members (excludes halogenated alkanes) is 7. The molecule has 0 aromatic carbocycles. The van der Waals surface area contributed by atoms with Crippen LogP contribution in [0.5, 0.6) is 0 Å². The predicted octanol–water partition coefficient (Wildman–Crippen LogP) is 2.07. The summed E-state index contributed by atoms with van der Waals surface area (Å²) < 4.78 is 0. The van der Waals surface area contributed by atoms with Gasteiger partial charge in [-0.15, -0.1) is 6.58 Å². The lowest BCUT2D eigenvalue weighted by Crippen LogP contribution is -3.04. The van der Waals surface area contributed by atoms with E-state index in [9.17, 15) is 5.21 Å². The van der Waals surface area contributed by atoms with E-state index >= 15 is 0 Å². The molecule has 84 valence electrons. The summed E-state index contributed by atoms with van der Waals surface area (Å²) in [6.07, 6.45) is 11.2. The van der Waals surface area contributed by atoms with E-state index in [2.05, 4.69) is 6.58 Å². The third-order valence-electron chi connectivity index (χ3n) is 2.30. The van der Waals surface area contributed by atoms with Crippen LogP contribution in [-0.2, 0) is 0 Å². The molecule has 1 atom stereocenters. The van der Waals surface area contributed by atoms with Crippen LogP contribution in [0, 0.1) is 5.21 Å². The Morgan fingerprint density at radius 1 is 1.00 bits per heavy atom. The number of nitrogens with one attached hydrogen (secondary N) is 1. The minimum absolute atomic E-state index is 0.330. The van der Waals surface area contributed by atoms with Crippen molar-refractivity contribution in [2.45, 2.75) is 51.4 Å². The maximum atomic E-state index is 10.2. The number of hydrogen-bond acceptors (Lipinski definition) is 2. The molecule has 0 aliphatic rings. The Labute approximate surface area is 87.0 Å². The van der Waals surface area contributed by atoms with Gasteiger partial charge in [0.2, 0.25) is 0 Å². The Balaban J connectivity index is 2.88. The largest absolute Gasteiger partial charge is 0.600 e. The van der Waals surface area contributed by atoms with Gasteiger partial charge >= 0.3 is 0 Å². The standard InChI is InChI=1S/C11H23NO2/c1-2-3-4-5-6-7-8-9-10-11-12(13)14/h2,12-13H,1,3-11H2. The first-order valence-corrected chi connectivity index (χ1v) is 5.60. The molecule has 0 radical (unpaired) electrons. The Hall–Kier alpha value is -0.380. The molecule has 1 unspecified atom stereocenters. The average Bonchev–Trinajstić information content (AvgIpc) is 2.15. The summed E-state index contributed by atoms with van der Waals surface area (Å²) >= 11 is 0. The van der Waals surface area contributed by atoms with Crippen LogP contribution < -0.4 is 5.23 Å². The Bertz CT molecular complexity index is 126. The molecule has 0 saturated heterocycles. The first-order chi connectivity index (χ1) is 6.77. The summed E-state index contributed by atoms with van der Waals surface area (Å²) in [4.78, 5) is 0. The van der Waals surface area contributed by atoms with E-state index in [1.54, 1.807) is 0 Å². The molecule has 0 amide bonds. The van der Waals surface area contributed by atoms with Crippen LogP contribution in [0.3, 0.4) is 0 Å². The second kappa shape index (κ2) is 10.7. The van der Waals surface area contributed by atoms with Gasteiger partial charge in [-0.1, -0.05) is 31.8 Å². The predicted molar refractivity (Wildman–Crippen MR) is 58.1 cm³/mol. The normalized spacial score (nSPS) is 12.7. The molecule has 0 aromatic heterocycles. The van der Waals surface area contributed by atoms with Crippen LogP contribution >= 0.6 is 0 Å². The van der Waals surface area contributed by atoms with Crippen LogP contribution in [0.25, 0.3) is 0 Å². The van der Waals surface area contributed by atoms with E-state index in [0.29, 0.717) is 6.54 Å². The van der Waals surface area contributed by atoms with Crippen molar-refractivity contribution in [3.8, 4) is 0 Å². The monoisotopic (exact) mass is 201 g/mol. The van der Waals surface area contributed by atoms with E-state index in [-0.39, 0.29) is 0 Å². The zero-order valence-electron chi connectivity index (χ0n) is 9.00. The van der Waals surface area contributed by atoms with Gasteiger partial charge in [0.15, 0.2) is 0 Å². The number of hydrogen-bond donors (Lipinski definition) is 2. The highest BCUT2D eigenvalue weighted by Crippen LogP contribution is 2.07. The van der Waals surface area contributed by atoms with Crippen molar-refractivity contribution in [3.05, 3.63) is 17.9 Å². The van der Waals surface area contributed by atoms with Crippen molar-refractivity contribution in [2.75, 3.05) is 6.54 Å². The molecule has 3 nitrogen and oxygen atoms in total. The fraction of sp³-hybridized carbons (Fsp3) is 0.818. The minimum atomic E-state index is -0.670. The third-order valence-corrected chi connectivity index (χ3v) is 2.30. The molecule has 3 heteroatoms. The van der Waals surface area contributed by atoms with E-state index in [1.807, 2.05) is 6.08 Å². The molecule has 0 aliphatic heterocycles. The lowest BCUT2D eigenvalue weighted by molar-refractivity contribution is -1.05. The van der Waals surface area contributed by atoms with Gasteiger partial charge in [-0.25, -0.2) is 10.4 Å². The molecular formula is C11H23NO2. The topological polar surface area (TPSA) is 47.7 Å². The second-order valence-corrected chi connectivity index (χ2v) is 3.70. The fourth-order valence-corrected chi connectivity index (χ4v) is 1.45. The number of allylic oxidation sites excluding steroid dienone is 1. The SMILES string of the molecule is C=CCCCCCCCCC[NH+]([O-])O. The Morgan fingerprint density at radius 3 is 2.00 bits per heavy atom. The zero-order valence-corrected chi connectivity index (χ0v) is 9.00. The highest BCUT2D eigenvalue weighted by atomic mass is 16.8. The molecule has 0 fully saturated rings. The van der Waals surface area contributed by atoms with Gasteiger partial charge in [-0.2, -0.15) is 0 Å². The molecule has 0 aliphatic carbocycles. The van der Waals surface area contributed by atoms with E-state index in [1.165, 1.54) is 32.1 Å². The van der Waals surface area contributed by atoms with Crippen LogP contribution in [-0.4, -0.2) is 11.8 Å². The third kappa shape index (κ3) is 11.6.